The highest BCUT2D eigenvalue weighted by Crippen LogP contribution is 2.53. The smallest absolute Gasteiger partial charge is 0.255 e. The Balaban J connectivity index is 1.90. The van der Waals surface area contributed by atoms with Crippen LogP contribution in [0.5, 0.6) is 5.75 Å². The Kier molecular flexibility index (Phi) is 6.36. The summed E-state index contributed by atoms with van der Waals surface area (Å²) in [7, 11) is 3.60. The molecule has 4 atom stereocenters. The molecular weight excluding hydrogens is 471 g/mol. The lowest BCUT2D eigenvalue weighted by molar-refractivity contribution is -0.147. The van der Waals surface area contributed by atoms with Crippen molar-refractivity contribution in [1.82, 2.24) is 0 Å². The summed E-state index contributed by atoms with van der Waals surface area (Å²) in [6.45, 7) is 1.24. The van der Waals surface area contributed by atoms with Crippen LogP contribution in [0.4, 0.5) is 10.1 Å². The number of phenols is 1. The van der Waals surface area contributed by atoms with Crippen molar-refractivity contribution >= 4 is 28.9 Å². The van der Waals surface area contributed by atoms with E-state index in [9.17, 15) is 39.2 Å². The summed E-state index contributed by atoms with van der Waals surface area (Å²) in [6.07, 6.45) is 0.742. The van der Waals surface area contributed by atoms with Crippen LogP contribution in [-0.2, 0) is 27.2 Å². The molecule has 0 spiro atoms. The van der Waals surface area contributed by atoms with Crippen LogP contribution < -0.4 is 10.6 Å². The van der Waals surface area contributed by atoms with Crippen LogP contribution in [0.15, 0.2) is 23.0 Å². The van der Waals surface area contributed by atoms with Crippen LogP contribution >= 0.6 is 0 Å². The molecule has 3 aliphatic rings. The number of aliphatic hydroxyl groups excluding tert-OH is 2. The fourth-order valence-corrected chi connectivity index (χ4v) is 5.79. The highest BCUT2D eigenvalue weighted by atomic mass is 19.1. The minimum absolute atomic E-state index is 0.0521. The van der Waals surface area contributed by atoms with Crippen LogP contribution in [0.1, 0.15) is 42.9 Å². The van der Waals surface area contributed by atoms with Gasteiger partial charge in [0.1, 0.15) is 22.8 Å². The molecule has 1 amide bonds. The maximum Gasteiger partial charge on any atom is 0.255 e. The van der Waals surface area contributed by atoms with Crippen molar-refractivity contribution in [1.29, 1.82) is 0 Å². The zero-order valence-corrected chi connectivity index (χ0v) is 20.5. The highest BCUT2D eigenvalue weighted by molar-refractivity contribution is 6.22. The number of aryl methyl sites for hydroxylation is 1. The van der Waals surface area contributed by atoms with E-state index in [0.717, 1.165) is 0 Å². The van der Waals surface area contributed by atoms with E-state index >= 15 is 0 Å². The van der Waals surface area contributed by atoms with E-state index in [-0.39, 0.29) is 42.1 Å². The van der Waals surface area contributed by atoms with E-state index in [1.54, 1.807) is 27.1 Å². The second kappa shape index (κ2) is 8.92. The minimum Gasteiger partial charge on any atom is -0.508 e. The number of primary amides is 1. The molecule has 36 heavy (non-hydrogen) atoms. The maximum atomic E-state index is 13.6. The SMILES string of the molecule is CC(CF)CCc1cc(N(C)C)c2c(c1O)C(O)=C1C(=O)[C@]3(O)C(O)=C(C(N)=O)C(=O)C[C@@H]3C[C@@H]1C2. The molecule has 0 aromatic heterocycles. The molecule has 194 valence electrons. The van der Waals surface area contributed by atoms with Gasteiger partial charge in [0, 0.05) is 37.7 Å². The number of amides is 1. The van der Waals surface area contributed by atoms with Gasteiger partial charge in [0.25, 0.3) is 5.91 Å². The molecule has 0 radical (unpaired) electrons. The van der Waals surface area contributed by atoms with E-state index in [1.807, 2.05) is 4.90 Å². The largest absolute Gasteiger partial charge is 0.508 e. The van der Waals surface area contributed by atoms with Crippen LogP contribution in [0.2, 0.25) is 0 Å². The summed E-state index contributed by atoms with van der Waals surface area (Å²) in [6, 6.07) is 1.79. The van der Waals surface area contributed by atoms with Crippen LogP contribution in [0.3, 0.4) is 0 Å². The fourth-order valence-electron chi connectivity index (χ4n) is 5.79. The molecule has 1 fully saturated rings. The van der Waals surface area contributed by atoms with Crippen molar-refractivity contribution in [2.45, 2.75) is 44.6 Å². The lowest BCUT2D eigenvalue weighted by atomic mass is 9.59. The number of fused-ring (bicyclic) bond motifs is 3. The summed E-state index contributed by atoms with van der Waals surface area (Å²) in [5.74, 6) is -6.73. The van der Waals surface area contributed by atoms with Gasteiger partial charge in [0.2, 0.25) is 5.78 Å². The Morgan fingerprint density at radius 1 is 1.25 bits per heavy atom. The van der Waals surface area contributed by atoms with Crippen molar-refractivity contribution in [3.8, 4) is 5.75 Å². The van der Waals surface area contributed by atoms with Crippen molar-refractivity contribution in [2.75, 3.05) is 25.7 Å². The predicted molar refractivity (Wildman–Crippen MR) is 129 cm³/mol. The number of rotatable bonds is 6. The lowest BCUT2D eigenvalue weighted by Gasteiger charge is -2.46. The Labute approximate surface area is 207 Å². The molecule has 4 rings (SSSR count). The third-order valence-electron chi connectivity index (χ3n) is 7.77. The van der Waals surface area contributed by atoms with Gasteiger partial charge in [-0.25, -0.2) is 0 Å². The van der Waals surface area contributed by atoms with E-state index in [0.29, 0.717) is 29.7 Å². The zero-order chi connectivity index (χ0) is 26.7. The number of benzene rings is 1. The third kappa shape index (κ3) is 3.66. The van der Waals surface area contributed by atoms with Gasteiger partial charge in [-0.15, -0.1) is 0 Å². The molecule has 0 saturated heterocycles. The van der Waals surface area contributed by atoms with Crippen molar-refractivity contribution in [2.24, 2.45) is 23.5 Å². The number of carbonyl (C=O) groups excluding carboxylic acids is 3. The van der Waals surface area contributed by atoms with Gasteiger partial charge in [0.05, 0.1) is 12.2 Å². The molecule has 0 bridgehead atoms. The molecule has 1 aromatic carbocycles. The molecule has 0 aliphatic heterocycles. The first-order valence-electron chi connectivity index (χ1n) is 11.9. The topological polar surface area (TPSA) is 161 Å². The molecule has 6 N–H and O–H groups in total. The molecule has 3 aliphatic carbocycles. The summed E-state index contributed by atoms with van der Waals surface area (Å²) in [5.41, 5.74) is 3.46. The normalized spacial score (nSPS) is 26.4. The molecular formula is C26H31FN2O7. The summed E-state index contributed by atoms with van der Waals surface area (Å²) in [5, 5.41) is 44.5. The van der Waals surface area contributed by atoms with Gasteiger partial charge in [-0.1, -0.05) is 6.92 Å². The Morgan fingerprint density at radius 3 is 2.50 bits per heavy atom. The van der Waals surface area contributed by atoms with Crippen LogP contribution in [0, 0.1) is 17.8 Å². The van der Waals surface area contributed by atoms with Crippen molar-refractivity contribution in [3.05, 3.63) is 39.7 Å². The highest BCUT2D eigenvalue weighted by Gasteiger charge is 2.60. The average molecular weight is 503 g/mol. The van der Waals surface area contributed by atoms with Gasteiger partial charge >= 0.3 is 0 Å². The molecule has 1 aromatic rings. The number of nitrogens with zero attached hydrogens (tertiary/aromatic N) is 1. The number of aliphatic hydroxyl groups is 3. The Hall–Kier alpha value is -3.40. The Bertz CT molecular complexity index is 1240. The number of Topliss-reactive ketones (excluding diaryl/α,β-unsaturated/α-hetero) is 2. The quantitative estimate of drug-likeness (QED) is 0.369. The van der Waals surface area contributed by atoms with E-state index in [2.05, 4.69) is 0 Å². The number of alkyl halides is 1. The molecule has 10 heteroatoms. The number of carbonyl (C=O) groups is 3. The maximum absolute atomic E-state index is 13.6. The van der Waals surface area contributed by atoms with Gasteiger partial charge in [-0.05, 0) is 54.7 Å². The zero-order valence-electron chi connectivity index (χ0n) is 20.5. The molecule has 0 heterocycles. The second-order valence-electron chi connectivity index (χ2n) is 10.4. The lowest BCUT2D eigenvalue weighted by Crippen LogP contribution is -2.58. The van der Waals surface area contributed by atoms with Gasteiger partial charge in [-0.3, -0.25) is 18.8 Å². The van der Waals surface area contributed by atoms with Crippen LogP contribution in [0.25, 0.3) is 5.76 Å². The number of ketones is 2. The number of nitrogens with two attached hydrogens (primary N) is 1. The van der Waals surface area contributed by atoms with Gasteiger partial charge in [0.15, 0.2) is 11.4 Å². The minimum atomic E-state index is -2.59. The van der Waals surface area contributed by atoms with E-state index in [1.165, 1.54) is 0 Å². The monoisotopic (exact) mass is 502 g/mol. The first kappa shape index (κ1) is 25.7. The van der Waals surface area contributed by atoms with E-state index < -0.39 is 58.7 Å². The Morgan fingerprint density at radius 2 is 1.92 bits per heavy atom. The number of aromatic hydroxyl groups is 1. The van der Waals surface area contributed by atoms with Crippen LogP contribution in [-0.4, -0.2) is 64.3 Å². The summed E-state index contributed by atoms with van der Waals surface area (Å²) in [4.78, 5) is 39.7. The molecule has 1 saturated carbocycles. The predicted octanol–water partition coefficient (Wildman–Crippen LogP) is 2.03. The van der Waals surface area contributed by atoms with Gasteiger partial charge < -0.3 is 31.1 Å². The number of hydrogen-bond acceptors (Lipinski definition) is 8. The van der Waals surface area contributed by atoms with Gasteiger partial charge in [-0.2, -0.15) is 0 Å². The number of anilines is 1. The molecule has 1 unspecified atom stereocenters. The van der Waals surface area contributed by atoms with Crippen molar-refractivity contribution < 1.29 is 39.2 Å². The third-order valence-corrected chi connectivity index (χ3v) is 7.77. The first-order chi connectivity index (χ1) is 16.8. The fraction of sp³-hybridized carbons (Fsp3) is 0.500. The van der Waals surface area contributed by atoms with Crippen molar-refractivity contribution in [3.63, 3.8) is 0 Å². The second-order valence-corrected chi connectivity index (χ2v) is 10.4. The number of hydrogen-bond donors (Lipinski definition) is 5. The average Bonchev–Trinajstić information content (AvgIpc) is 2.80. The summed E-state index contributed by atoms with van der Waals surface area (Å²) < 4.78 is 13.0. The first-order valence-corrected chi connectivity index (χ1v) is 11.9. The summed E-state index contributed by atoms with van der Waals surface area (Å²) >= 11 is 0. The standard InChI is InChI=1S/C26H31FN2O7/c1-11(10-27)4-5-12-8-16(29(2)3)15-7-13-6-14-9-17(30)20(25(28)35)24(34)26(14,36)23(33)18(13)22(32)19(15)21(12)31/h8,11,13-14,31-32,34,36H,4-7,9-10H2,1-3H3,(H2,28,35)/t11?,13-,14+,26+/m1/s1. The number of phenolic OH excluding ortho intramolecular Hbond substituents is 1. The number of halogens is 1. The van der Waals surface area contributed by atoms with E-state index in [4.69, 9.17) is 5.73 Å². The molecule has 9 nitrogen and oxygen atoms in total.